The van der Waals surface area contributed by atoms with E-state index in [9.17, 15) is 17.6 Å². The van der Waals surface area contributed by atoms with E-state index in [2.05, 4.69) is 5.32 Å². The summed E-state index contributed by atoms with van der Waals surface area (Å²) in [4.78, 5) is 12.1. The van der Waals surface area contributed by atoms with Crippen LogP contribution in [0, 0.1) is 5.82 Å². The number of nitrogens with zero attached hydrogens (tertiary/aromatic N) is 1. The van der Waals surface area contributed by atoms with E-state index < -0.39 is 10.0 Å². The van der Waals surface area contributed by atoms with Crippen LogP contribution >= 0.6 is 11.6 Å². The Kier molecular flexibility index (Phi) is 7.14. The molecule has 0 bridgehead atoms. The Morgan fingerprint density at radius 1 is 1.12 bits per heavy atom. The van der Waals surface area contributed by atoms with Crippen molar-refractivity contribution in [1.82, 2.24) is 9.62 Å². The normalized spacial score (nSPS) is 11.5. The molecule has 1 N–H and O–H groups in total. The highest BCUT2D eigenvalue weighted by atomic mass is 35.5. The average molecular weight is 399 g/mol. The number of hydrogen-bond donors (Lipinski definition) is 1. The lowest BCUT2D eigenvalue weighted by atomic mass is 10.1. The molecule has 8 heteroatoms. The van der Waals surface area contributed by atoms with Gasteiger partial charge in [-0.2, -0.15) is 0 Å². The minimum absolute atomic E-state index is 0.0868. The van der Waals surface area contributed by atoms with E-state index in [1.165, 1.54) is 10.4 Å². The molecule has 0 saturated carbocycles. The highest BCUT2D eigenvalue weighted by molar-refractivity contribution is 7.88. The Hall–Kier alpha value is -1.96. The molecule has 0 unspecified atom stereocenters. The Bertz CT molecular complexity index is 874. The van der Waals surface area contributed by atoms with Crippen LogP contribution in [0.4, 0.5) is 4.39 Å². The lowest BCUT2D eigenvalue weighted by Gasteiger charge is -2.20. The molecule has 2 aromatic carbocycles. The van der Waals surface area contributed by atoms with Gasteiger partial charge in [-0.25, -0.2) is 17.1 Å². The molecule has 0 aliphatic heterocycles. The fourth-order valence-corrected chi connectivity index (χ4v) is 3.49. The summed E-state index contributed by atoms with van der Waals surface area (Å²) >= 11 is 5.96. The third-order valence-corrected chi connectivity index (χ3v) is 5.46. The van der Waals surface area contributed by atoms with Gasteiger partial charge in [0.15, 0.2) is 0 Å². The second-order valence-electron chi connectivity index (χ2n) is 5.74. The van der Waals surface area contributed by atoms with Crippen LogP contribution < -0.4 is 5.32 Å². The van der Waals surface area contributed by atoms with Gasteiger partial charge in [-0.3, -0.25) is 4.79 Å². The summed E-state index contributed by atoms with van der Waals surface area (Å²) in [7, 11) is -3.49. The van der Waals surface area contributed by atoms with Crippen LogP contribution in [-0.4, -0.2) is 44.5 Å². The molecule has 0 radical (unpaired) electrons. The maximum atomic E-state index is 13.7. The topological polar surface area (TPSA) is 66.5 Å². The lowest BCUT2D eigenvalue weighted by Crippen LogP contribution is -2.39. The van der Waals surface area contributed by atoms with Crippen LogP contribution in [0.3, 0.4) is 0 Å². The van der Waals surface area contributed by atoms with Crippen LogP contribution in [0.1, 0.15) is 15.9 Å². The van der Waals surface area contributed by atoms with Gasteiger partial charge < -0.3 is 5.32 Å². The number of benzene rings is 2. The zero-order valence-corrected chi connectivity index (χ0v) is 15.9. The molecule has 1 amide bonds. The summed E-state index contributed by atoms with van der Waals surface area (Å²) in [6, 6.07) is 12.8. The quantitative estimate of drug-likeness (QED) is 0.743. The number of carbonyl (C=O) groups is 1. The van der Waals surface area contributed by atoms with Crippen molar-refractivity contribution in [2.45, 2.75) is 6.42 Å². The average Bonchev–Trinajstić information content (AvgIpc) is 2.58. The summed E-state index contributed by atoms with van der Waals surface area (Å²) in [6.45, 7) is 0.333. The highest BCUT2D eigenvalue weighted by Gasteiger charge is 2.18. The van der Waals surface area contributed by atoms with Crippen LogP contribution in [-0.2, 0) is 16.4 Å². The molecule has 0 aliphatic carbocycles. The largest absolute Gasteiger partial charge is 0.351 e. The van der Waals surface area contributed by atoms with Gasteiger partial charge in [-0.1, -0.05) is 41.9 Å². The smallest absolute Gasteiger partial charge is 0.252 e. The highest BCUT2D eigenvalue weighted by Crippen LogP contribution is 2.14. The Balaban J connectivity index is 1.93. The van der Waals surface area contributed by atoms with E-state index in [-0.39, 0.29) is 37.8 Å². The molecule has 26 heavy (non-hydrogen) atoms. The van der Waals surface area contributed by atoms with Gasteiger partial charge in [0, 0.05) is 19.6 Å². The maximum absolute atomic E-state index is 13.7. The van der Waals surface area contributed by atoms with Gasteiger partial charge in [0.05, 0.1) is 16.8 Å². The third-order valence-electron chi connectivity index (χ3n) is 3.82. The van der Waals surface area contributed by atoms with Crippen molar-refractivity contribution in [3.8, 4) is 0 Å². The van der Waals surface area contributed by atoms with Crippen molar-refractivity contribution >= 4 is 27.5 Å². The van der Waals surface area contributed by atoms with Crippen LogP contribution in [0.2, 0.25) is 5.02 Å². The monoisotopic (exact) mass is 398 g/mol. The van der Waals surface area contributed by atoms with Gasteiger partial charge in [0.25, 0.3) is 5.91 Å². The Labute approximate surface area is 157 Å². The molecule has 2 aromatic rings. The zero-order chi connectivity index (χ0) is 19.2. The molecule has 2 rings (SSSR count). The van der Waals surface area contributed by atoms with Gasteiger partial charge >= 0.3 is 0 Å². The third kappa shape index (κ3) is 5.79. The summed E-state index contributed by atoms with van der Waals surface area (Å²) in [5.41, 5.74) is 0.771. The molecule has 0 fully saturated rings. The van der Waals surface area contributed by atoms with E-state index in [1.54, 1.807) is 42.5 Å². The zero-order valence-electron chi connectivity index (χ0n) is 14.3. The molecule has 0 saturated heterocycles. The van der Waals surface area contributed by atoms with Crippen molar-refractivity contribution < 1.29 is 17.6 Å². The molecule has 0 aliphatic rings. The number of carbonyl (C=O) groups excluding carboxylic acids is 1. The predicted molar refractivity (Wildman–Crippen MR) is 100 cm³/mol. The summed E-state index contributed by atoms with van der Waals surface area (Å²) in [5, 5.41) is 2.97. The minimum Gasteiger partial charge on any atom is -0.351 e. The number of nitrogens with one attached hydrogen (secondary N) is 1. The predicted octanol–water partition coefficient (Wildman–Crippen LogP) is 2.71. The first kappa shape index (κ1) is 20.4. The minimum atomic E-state index is -3.49. The number of amides is 1. The van der Waals surface area contributed by atoms with Gasteiger partial charge in [-0.15, -0.1) is 0 Å². The van der Waals surface area contributed by atoms with E-state index in [0.29, 0.717) is 16.1 Å². The fourth-order valence-electron chi connectivity index (χ4n) is 2.42. The molecular weight excluding hydrogens is 379 g/mol. The maximum Gasteiger partial charge on any atom is 0.252 e. The molecule has 0 aromatic heterocycles. The van der Waals surface area contributed by atoms with Crippen LogP contribution in [0.25, 0.3) is 0 Å². The van der Waals surface area contributed by atoms with Gasteiger partial charge in [-0.05, 0) is 30.2 Å². The fraction of sp³-hybridized carbons (Fsp3) is 0.278. The van der Waals surface area contributed by atoms with Crippen molar-refractivity contribution in [1.29, 1.82) is 0 Å². The first-order chi connectivity index (χ1) is 12.3. The first-order valence-electron chi connectivity index (χ1n) is 8.00. The van der Waals surface area contributed by atoms with Crippen LogP contribution in [0.15, 0.2) is 48.5 Å². The molecule has 0 spiro atoms. The molecule has 0 heterocycles. The van der Waals surface area contributed by atoms with E-state index in [1.807, 2.05) is 0 Å². The molecule has 0 atom stereocenters. The Morgan fingerprint density at radius 2 is 1.77 bits per heavy atom. The van der Waals surface area contributed by atoms with E-state index in [0.717, 1.165) is 6.26 Å². The summed E-state index contributed by atoms with van der Waals surface area (Å²) < 4.78 is 38.8. The number of sulfonamides is 1. The van der Waals surface area contributed by atoms with Crippen molar-refractivity contribution in [3.05, 3.63) is 70.5 Å². The van der Waals surface area contributed by atoms with E-state index in [4.69, 9.17) is 11.6 Å². The molecule has 5 nitrogen and oxygen atoms in total. The second kappa shape index (κ2) is 9.12. The summed E-state index contributed by atoms with van der Waals surface area (Å²) in [6.07, 6.45) is 1.34. The lowest BCUT2D eigenvalue weighted by molar-refractivity contribution is 0.0951. The van der Waals surface area contributed by atoms with Crippen molar-refractivity contribution in [2.75, 3.05) is 25.9 Å². The van der Waals surface area contributed by atoms with Crippen molar-refractivity contribution in [2.24, 2.45) is 0 Å². The Morgan fingerprint density at radius 3 is 2.42 bits per heavy atom. The van der Waals surface area contributed by atoms with Crippen molar-refractivity contribution in [3.63, 3.8) is 0 Å². The second-order valence-corrected chi connectivity index (χ2v) is 8.13. The molecule has 140 valence electrons. The summed E-state index contributed by atoms with van der Waals surface area (Å²) in [5.74, 6) is -0.744. The van der Waals surface area contributed by atoms with E-state index >= 15 is 0 Å². The SMILES string of the molecule is CS(=O)(=O)N(CCNC(=O)c1ccccc1Cl)CCc1ccccc1F. The number of hydrogen-bond acceptors (Lipinski definition) is 3. The first-order valence-corrected chi connectivity index (χ1v) is 10.2. The van der Waals surface area contributed by atoms with Crippen LogP contribution in [0.5, 0.6) is 0 Å². The van der Waals surface area contributed by atoms with Gasteiger partial charge in [0.2, 0.25) is 10.0 Å². The molecular formula is C18H20ClFN2O3S. The standard InChI is InChI=1S/C18H20ClFN2O3S/c1-26(24,25)22(12-10-14-6-2-5-9-17(14)20)13-11-21-18(23)15-7-3-4-8-16(15)19/h2-9H,10-13H2,1H3,(H,21,23). The number of rotatable bonds is 8. The number of halogens is 2. The van der Waals surface area contributed by atoms with Gasteiger partial charge in [0.1, 0.15) is 5.82 Å².